The van der Waals surface area contributed by atoms with Crippen LogP contribution in [0.4, 0.5) is 0 Å². The molecule has 1 aromatic carbocycles. The topological polar surface area (TPSA) is 20.3 Å². The van der Waals surface area contributed by atoms with Crippen molar-refractivity contribution >= 4 is 17.5 Å². The molecule has 0 heterocycles. The number of hydrogen-bond acceptors (Lipinski definition) is 1. The van der Waals surface area contributed by atoms with Crippen molar-refractivity contribution in [3.05, 3.63) is 35.9 Å². The monoisotopic (exact) mass is 253 g/mol. The number of halogens is 1. The fourth-order valence-corrected chi connectivity index (χ4v) is 2.19. The van der Waals surface area contributed by atoms with E-state index in [0.29, 0.717) is 12.4 Å². The Balaban J connectivity index is 2.83. The molecule has 1 amide bonds. The Hall–Kier alpha value is -1.02. The molecule has 0 aromatic heterocycles. The second kappa shape index (κ2) is 7.33. The van der Waals surface area contributed by atoms with E-state index in [9.17, 15) is 4.79 Å². The van der Waals surface area contributed by atoms with E-state index in [1.807, 2.05) is 49.1 Å². The van der Waals surface area contributed by atoms with Crippen LogP contribution in [0.15, 0.2) is 30.3 Å². The van der Waals surface area contributed by atoms with Crippen LogP contribution in [-0.2, 0) is 4.79 Å². The fourth-order valence-electron chi connectivity index (χ4n) is 1.98. The van der Waals surface area contributed by atoms with Crippen molar-refractivity contribution < 1.29 is 4.79 Å². The zero-order valence-electron chi connectivity index (χ0n) is 10.5. The van der Waals surface area contributed by atoms with Gasteiger partial charge < -0.3 is 4.90 Å². The van der Waals surface area contributed by atoms with E-state index in [2.05, 4.69) is 0 Å². The van der Waals surface area contributed by atoms with Crippen LogP contribution in [0, 0.1) is 0 Å². The van der Waals surface area contributed by atoms with Gasteiger partial charge in [0.05, 0.1) is 5.92 Å². The number of rotatable bonds is 6. The Bertz CT molecular complexity index is 339. The summed E-state index contributed by atoms with van der Waals surface area (Å²) in [6.07, 6.45) is 0.821. The van der Waals surface area contributed by atoms with Crippen LogP contribution in [0.2, 0.25) is 0 Å². The van der Waals surface area contributed by atoms with Crippen molar-refractivity contribution in [3.8, 4) is 0 Å². The van der Waals surface area contributed by atoms with E-state index < -0.39 is 0 Å². The van der Waals surface area contributed by atoms with Crippen molar-refractivity contribution in [2.45, 2.75) is 26.2 Å². The number of carbonyl (C=O) groups is 1. The predicted octanol–water partition coefficient (Wildman–Crippen LogP) is 3.27. The molecule has 0 saturated heterocycles. The Labute approximate surface area is 109 Å². The Morgan fingerprint density at radius 2 is 1.94 bits per heavy atom. The van der Waals surface area contributed by atoms with Crippen molar-refractivity contribution in [1.82, 2.24) is 4.90 Å². The minimum absolute atomic E-state index is 0.0423. The van der Waals surface area contributed by atoms with Crippen molar-refractivity contribution in [3.63, 3.8) is 0 Å². The molecule has 1 aromatic rings. The lowest BCUT2D eigenvalue weighted by Gasteiger charge is -2.25. The van der Waals surface area contributed by atoms with Gasteiger partial charge in [0.2, 0.25) is 5.91 Å². The standard InChI is InChI=1S/C14H20ClNO/c1-3-13(12-8-6-5-7-9-12)14(17)16(4-2)11-10-15/h5-9,13H,3-4,10-11H2,1-2H3. The van der Waals surface area contributed by atoms with Crippen LogP contribution in [-0.4, -0.2) is 29.8 Å². The number of amides is 1. The van der Waals surface area contributed by atoms with Gasteiger partial charge in [0, 0.05) is 19.0 Å². The predicted molar refractivity (Wildman–Crippen MR) is 72.4 cm³/mol. The SMILES string of the molecule is CCC(C(=O)N(CC)CCCl)c1ccccc1. The molecule has 3 heteroatoms. The molecule has 0 saturated carbocycles. The zero-order chi connectivity index (χ0) is 12.7. The van der Waals surface area contributed by atoms with E-state index in [1.54, 1.807) is 0 Å². The second-order valence-electron chi connectivity index (χ2n) is 3.98. The van der Waals surface area contributed by atoms with E-state index in [0.717, 1.165) is 18.5 Å². The Kier molecular flexibility index (Phi) is 6.06. The van der Waals surface area contributed by atoms with Gasteiger partial charge in [0.15, 0.2) is 0 Å². The van der Waals surface area contributed by atoms with Gasteiger partial charge in [-0.05, 0) is 18.9 Å². The highest BCUT2D eigenvalue weighted by atomic mass is 35.5. The van der Waals surface area contributed by atoms with Crippen LogP contribution in [0.1, 0.15) is 31.7 Å². The average Bonchev–Trinajstić information content (AvgIpc) is 2.38. The Morgan fingerprint density at radius 3 is 2.41 bits per heavy atom. The van der Waals surface area contributed by atoms with E-state index in [-0.39, 0.29) is 11.8 Å². The van der Waals surface area contributed by atoms with Gasteiger partial charge in [-0.2, -0.15) is 0 Å². The molecule has 17 heavy (non-hydrogen) atoms. The quantitative estimate of drug-likeness (QED) is 0.713. The number of carbonyl (C=O) groups excluding carboxylic acids is 1. The molecular formula is C14H20ClNO. The zero-order valence-corrected chi connectivity index (χ0v) is 11.3. The van der Waals surface area contributed by atoms with E-state index in [1.165, 1.54) is 0 Å². The van der Waals surface area contributed by atoms with Gasteiger partial charge in [-0.25, -0.2) is 0 Å². The van der Waals surface area contributed by atoms with Crippen LogP contribution in [0.25, 0.3) is 0 Å². The minimum atomic E-state index is -0.0423. The summed E-state index contributed by atoms with van der Waals surface area (Å²) in [5.41, 5.74) is 1.09. The Morgan fingerprint density at radius 1 is 1.29 bits per heavy atom. The van der Waals surface area contributed by atoms with Crippen LogP contribution >= 0.6 is 11.6 Å². The number of likely N-dealkylation sites (N-methyl/N-ethyl adjacent to an activating group) is 1. The van der Waals surface area contributed by atoms with E-state index >= 15 is 0 Å². The lowest BCUT2D eigenvalue weighted by Crippen LogP contribution is -2.36. The maximum Gasteiger partial charge on any atom is 0.230 e. The molecule has 0 aliphatic carbocycles. The molecule has 2 nitrogen and oxygen atoms in total. The van der Waals surface area contributed by atoms with Crippen LogP contribution in [0.3, 0.4) is 0 Å². The molecule has 1 atom stereocenters. The second-order valence-corrected chi connectivity index (χ2v) is 4.36. The van der Waals surface area contributed by atoms with Crippen molar-refractivity contribution in [2.24, 2.45) is 0 Å². The molecule has 0 N–H and O–H groups in total. The first-order valence-electron chi connectivity index (χ1n) is 6.14. The van der Waals surface area contributed by atoms with Crippen molar-refractivity contribution in [2.75, 3.05) is 19.0 Å². The molecule has 1 rings (SSSR count). The highest BCUT2D eigenvalue weighted by Gasteiger charge is 2.22. The van der Waals surface area contributed by atoms with Crippen LogP contribution in [0.5, 0.6) is 0 Å². The number of benzene rings is 1. The number of alkyl halides is 1. The maximum absolute atomic E-state index is 12.4. The van der Waals surface area contributed by atoms with Crippen LogP contribution < -0.4 is 0 Å². The summed E-state index contributed by atoms with van der Waals surface area (Å²) in [6.45, 7) is 5.38. The summed E-state index contributed by atoms with van der Waals surface area (Å²) in [6, 6.07) is 9.95. The van der Waals surface area contributed by atoms with E-state index in [4.69, 9.17) is 11.6 Å². The molecular weight excluding hydrogens is 234 g/mol. The first-order chi connectivity index (χ1) is 8.24. The summed E-state index contributed by atoms with van der Waals surface area (Å²) in [4.78, 5) is 14.2. The molecule has 0 radical (unpaired) electrons. The molecule has 94 valence electrons. The lowest BCUT2D eigenvalue weighted by molar-refractivity contribution is -0.132. The van der Waals surface area contributed by atoms with Gasteiger partial charge in [-0.1, -0.05) is 37.3 Å². The van der Waals surface area contributed by atoms with Gasteiger partial charge >= 0.3 is 0 Å². The summed E-state index contributed by atoms with van der Waals surface area (Å²) in [5, 5.41) is 0. The number of hydrogen-bond donors (Lipinski definition) is 0. The highest BCUT2D eigenvalue weighted by molar-refractivity contribution is 6.18. The first kappa shape index (κ1) is 14.0. The van der Waals surface area contributed by atoms with Crippen molar-refractivity contribution in [1.29, 1.82) is 0 Å². The molecule has 0 aliphatic rings. The fraction of sp³-hybridized carbons (Fsp3) is 0.500. The third-order valence-electron chi connectivity index (χ3n) is 2.96. The van der Waals surface area contributed by atoms with Gasteiger partial charge in [-0.15, -0.1) is 11.6 Å². The smallest absolute Gasteiger partial charge is 0.230 e. The largest absolute Gasteiger partial charge is 0.341 e. The molecule has 1 unspecified atom stereocenters. The number of nitrogens with zero attached hydrogens (tertiary/aromatic N) is 1. The first-order valence-corrected chi connectivity index (χ1v) is 6.67. The minimum Gasteiger partial charge on any atom is -0.341 e. The normalized spacial score (nSPS) is 12.2. The maximum atomic E-state index is 12.4. The third-order valence-corrected chi connectivity index (χ3v) is 3.13. The molecule has 0 bridgehead atoms. The molecule has 0 aliphatic heterocycles. The third kappa shape index (κ3) is 3.74. The summed E-state index contributed by atoms with van der Waals surface area (Å²) >= 11 is 5.72. The average molecular weight is 254 g/mol. The summed E-state index contributed by atoms with van der Waals surface area (Å²) in [7, 11) is 0. The van der Waals surface area contributed by atoms with Gasteiger partial charge in [0.1, 0.15) is 0 Å². The highest BCUT2D eigenvalue weighted by Crippen LogP contribution is 2.21. The molecule has 0 spiro atoms. The summed E-state index contributed by atoms with van der Waals surface area (Å²) < 4.78 is 0. The summed E-state index contributed by atoms with van der Waals surface area (Å²) in [5.74, 6) is 0.631. The molecule has 0 fully saturated rings. The van der Waals surface area contributed by atoms with Gasteiger partial charge in [0.25, 0.3) is 0 Å². The van der Waals surface area contributed by atoms with Gasteiger partial charge in [-0.3, -0.25) is 4.79 Å². The lowest BCUT2D eigenvalue weighted by atomic mass is 9.95.